The number of anilines is 1. The molecule has 134 valence electrons. The number of hydrazone groups is 1. The molecule has 1 aromatic carbocycles. The zero-order valence-corrected chi connectivity index (χ0v) is 14.1. The fraction of sp³-hybridized carbons (Fsp3) is 0.500. The molecular weight excluding hydrogens is 323 g/mol. The number of hydrogen-bond donors (Lipinski definition) is 2. The summed E-state index contributed by atoms with van der Waals surface area (Å²) in [4.78, 5) is 25.2. The average Bonchev–Trinajstić information content (AvgIpc) is 2.62. The quantitative estimate of drug-likeness (QED) is 0.856. The van der Waals surface area contributed by atoms with Crippen molar-refractivity contribution in [1.82, 2.24) is 10.7 Å². The summed E-state index contributed by atoms with van der Waals surface area (Å²) in [6, 6.07) is 6.91. The number of amides is 2. The first-order valence-electron chi connectivity index (χ1n) is 8.75. The SMILES string of the molecule is O=C1CCC(CCC(=O)NC2CCN(c3ccccc3F)CC2)=NN1. The van der Waals surface area contributed by atoms with Gasteiger partial charge in [-0.05, 0) is 37.8 Å². The summed E-state index contributed by atoms with van der Waals surface area (Å²) >= 11 is 0. The summed E-state index contributed by atoms with van der Waals surface area (Å²) in [6.07, 6.45) is 3.62. The van der Waals surface area contributed by atoms with Gasteiger partial charge >= 0.3 is 0 Å². The van der Waals surface area contributed by atoms with Crippen molar-refractivity contribution in [3.05, 3.63) is 30.1 Å². The highest BCUT2D eigenvalue weighted by atomic mass is 19.1. The molecule has 6 nitrogen and oxygen atoms in total. The first-order chi connectivity index (χ1) is 12.1. The van der Waals surface area contributed by atoms with Crippen molar-refractivity contribution in [3.8, 4) is 0 Å². The van der Waals surface area contributed by atoms with Gasteiger partial charge in [0.1, 0.15) is 5.82 Å². The van der Waals surface area contributed by atoms with Crippen LogP contribution in [0.1, 0.15) is 38.5 Å². The van der Waals surface area contributed by atoms with Crippen LogP contribution < -0.4 is 15.6 Å². The Kier molecular flexibility index (Phi) is 5.63. The first kappa shape index (κ1) is 17.4. The van der Waals surface area contributed by atoms with E-state index in [1.165, 1.54) is 6.07 Å². The molecule has 0 aromatic heterocycles. The topological polar surface area (TPSA) is 73.8 Å². The standard InChI is InChI=1S/C18H23FN4O2/c19-15-3-1-2-4-16(15)23-11-9-13(10-12-23)20-17(24)7-5-14-6-8-18(25)22-21-14/h1-4,13H,5-12H2,(H,20,24)(H,22,25). The van der Waals surface area contributed by atoms with Crippen molar-refractivity contribution in [2.75, 3.05) is 18.0 Å². The summed E-state index contributed by atoms with van der Waals surface area (Å²) < 4.78 is 13.8. The Morgan fingerprint density at radius 3 is 2.72 bits per heavy atom. The van der Waals surface area contributed by atoms with Crippen molar-refractivity contribution in [2.24, 2.45) is 5.10 Å². The average molecular weight is 346 g/mol. The van der Waals surface area contributed by atoms with Gasteiger partial charge in [-0.15, -0.1) is 0 Å². The van der Waals surface area contributed by atoms with E-state index in [0.717, 1.165) is 31.6 Å². The van der Waals surface area contributed by atoms with Crippen LogP contribution in [0.5, 0.6) is 0 Å². The molecule has 1 saturated heterocycles. The van der Waals surface area contributed by atoms with Crippen molar-refractivity contribution in [1.29, 1.82) is 0 Å². The van der Waals surface area contributed by atoms with Gasteiger partial charge in [0.25, 0.3) is 0 Å². The monoisotopic (exact) mass is 346 g/mol. The normalized spacial score (nSPS) is 18.5. The maximum atomic E-state index is 13.8. The highest BCUT2D eigenvalue weighted by Gasteiger charge is 2.22. The summed E-state index contributed by atoms with van der Waals surface area (Å²) in [6.45, 7) is 1.45. The van der Waals surface area contributed by atoms with E-state index >= 15 is 0 Å². The molecule has 2 aliphatic heterocycles. The molecule has 2 N–H and O–H groups in total. The maximum Gasteiger partial charge on any atom is 0.240 e. The molecule has 0 unspecified atom stereocenters. The lowest BCUT2D eigenvalue weighted by Gasteiger charge is -2.34. The number of hydrogen-bond acceptors (Lipinski definition) is 4. The summed E-state index contributed by atoms with van der Waals surface area (Å²) in [7, 11) is 0. The molecular formula is C18H23FN4O2. The predicted molar refractivity (Wildman–Crippen MR) is 93.8 cm³/mol. The molecule has 2 amide bonds. The lowest BCUT2D eigenvalue weighted by atomic mass is 10.0. The number of rotatable bonds is 5. The summed E-state index contributed by atoms with van der Waals surface area (Å²) in [5, 5.41) is 7.03. The molecule has 0 atom stereocenters. The molecule has 1 aromatic rings. The van der Waals surface area contributed by atoms with Crippen molar-refractivity contribution in [3.63, 3.8) is 0 Å². The third kappa shape index (κ3) is 4.78. The molecule has 0 spiro atoms. The smallest absolute Gasteiger partial charge is 0.240 e. The van der Waals surface area contributed by atoms with Crippen LogP contribution >= 0.6 is 0 Å². The Morgan fingerprint density at radius 2 is 2.04 bits per heavy atom. The van der Waals surface area contributed by atoms with Gasteiger partial charge in [-0.2, -0.15) is 5.10 Å². The van der Waals surface area contributed by atoms with Crippen LogP contribution in [0, 0.1) is 5.82 Å². The van der Waals surface area contributed by atoms with Gasteiger partial charge in [0.15, 0.2) is 0 Å². The summed E-state index contributed by atoms with van der Waals surface area (Å²) in [5.74, 6) is -0.274. The highest BCUT2D eigenvalue weighted by Crippen LogP contribution is 2.23. The Bertz CT molecular complexity index is 669. The lowest BCUT2D eigenvalue weighted by molar-refractivity contribution is -0.122. The van der Waals surface area contributed by atoms with Crippen molar-refractivity contribution in [2.45, 2.75) is 44.6 Å². The van der Waals surface area contributed by atoms with Crippen LogP contribution in [-0.4, -0.2) is 36.7 Å². The lowest BCUT2D eigenvalue weighted by Crippen LogP contribution is -2.45. The van der Waals surface area contributed by atoms with E-state index in [1.54, 1.807) is 12.1 Å². The minimum Gasteiger partial charge on any atom is -0.369 e. The molecule has 0 saturated carbocycles. The number of carbonyl (C=O) groups excluding carboxylic acids is 2. The molecule has 1 fully saturated rings. The van der Waals surface area contributed by atoms with Gasteiger partial charge < -0.3 is 10.2 Å². The minimum atomic E-state index is -0.203. The highest BCUT2D eigenvalue weighted by molar-refractivity contribution is 5.94. The van der Waals surface area contributed by atoms with Crippen LogP contribution in [0.15, 0.2) is 29.4 Å². The van der Waals surface area contributed by atoms with Crippen LogP contribution in [-0.2, 0) is 9.59 Å². The van der Waals surface area contributed by atoms with Crippen LogP contribution in [0.2, 0.25) is 0 Å². The zero-order chi connectivity index (χ0) is 17.6. The summed E-state index contributed by atoms with van der Waals surface area (Å²) in [5.41, 5.74) is 3.94. The number of benzene rings is 1. The van der Waals surface area contributed by atoms with E-state index in [4.69, 9.17) is 0 Å². The van der Waals surface area contributed by atoms with E-state index in [2.05, 4.69) is 15.8 Å². The maximum absolute atomic E-state index is 13.8. The number of nitrogens with zero attached hydrogens (tertiary/aromatic N) is 2. The molecule has 0 bridgehead atoms. The van der Waals surface area contributed by atoms with E-state index in [-0.39, 0.29) is 23.7 Å². The number of para-hydroxylation sites is 1. The second kappa shape index (κ2) is 8.09. The number of nitrogens with one attached hydrogen (secondary N) is 2. The first-order valence-corrected chi connectivity index (χ1v) is 8.75. The molecule has 7 heteroatoms. The fourth-order valence-electron chi connectivity index (χ4n) is 3.22. The molecule has 0 radical (unpaired) electrons. The van der Waals surface area contributed by atoms with Crippen LogP contribution in [0.25, 0.3) is 0 Å². The predicted octanol–water partition coefficient (Wildman–Crippen LogP) is 1.96. The fourth-order valence-corrected chi connectivity index (χ4v) is 3.22. The Labute approximate surface area is 146 Å². The van der Waals surface area contributed by atoms with Gasteiger partial charge in [0, 0.05) is 37.7 Å². The molecule has 25 heavy (non-hydrogen) atoms. The van der Waals surface area contributed by atoms with Gasteiger partial charge in [-0.3, -0.25) is 9.59 Å². The molecule has 3 rings (SSSR count). The van der Waals surface area contributed by atoms with Crippen LogP contribution in [0.4, 0.5) is 10.1 Å². The van der Waals surface area contributed by atoms with Crippen LogP contribution in [0.3, 0.4) is 0 Å². The second-order valence-corrected chi connectivity index (χ2v) is 6.49. The van der Waals surface area contributed by atoms with Gasteiger partial charge in [-0.25, -0.2) is 9.82 Å². The second-order valence-electron chi connectivity index (χ2n) is 6.49. The van der Waals surface area contributed by atoms with E-state index < -0.39 is 0 Å². The van der Waals surface area contributed by atoms with E-state index in [1.807, 2.05) is 11.0 Å². The van der Waals surface area contributed by atoms with Gasteiger partial charge in [0.05, 0.1) is 5.69 Å². The third-order valence-electron chi connectivity index (χ3n) is 4.67. The van der Waals surface area contributed by atoms with Gasteiger partial charge in [-0.1, -0.05) is 12.1 Å². The molecule has 2 aliphatic rings. The van der Waals surface area contributed by atoms with Crippen molar-refractivity contribution >= 4 is 23.2 Å². The third-order valence-corrected chi connectivity index (χ3v) is 4.67. The number of halogens is 1. The Morgan fingerprint density at radius 1 is 1.28 bits per heavy atom. The van der Waals surface area contributed by atoms with Crippen molar-refractivity contribution < 1.29 is 14.0 Å². The Balaban J connectivity index is 1.41. The minimum absolute atomic E-state index is 0.00365. The van der Waals surface area contributed by atoms with E-state index in [9.17, 15) is 14.0 Å². The number of piperidine rings is 1. The molecule has 0 aliphatic carbocycles. The van der Waals surface area contributed by atoms with Gasteiger partial charge in [0.2, 0.25) is 11.8 Å². The number of carbonyl (C=O) groups is 2. The zero-order valence-electron chi connectivity index (χ0n) is 14.1. The molecule has 2 heterocycles. The van der Waals surface area contributed by atoms with E-state index in [0.29, 0.717) is 31.4 Å². The largest absolute Gasteiger partial charge is 0.369 e. The Hall–Kier alpha value is -2.44.